The number of hydrogen-bond donors (Lipinski definition) is 3. The number of rotatable bonds is 2. The molecule has 3 N–H and O–H groups in total. The minimum absolute atomic E-state index is 0.0331. The predicted molar refractivity (Wildman–Crippen MR) is 69.5 cm³/mol. The third kappa shape index (κ3) is 2.90. The smallest absolute Gasteiger partial charge is 0.508 e. The molecule has 2 rings (SSSR count). The van der Waals surface area contributed by atoms with Crippen molar-refractivity contribution in [1.29, 1.82) is 5.41 Å². The maximum absolute atomic E-state index is 10.5. The Kier molecular flexibility index (Phi) is 3.47. The third-order valence-electron chi connectivity index (χ3n) is 2.52. The zero-order valence-electron chi connectivity index (χ0n) is 9.83. The van der Waals surface area contributed by atoms with Gasteiger partial charge in [0, 0.05) is 5.56 Å². The lowest BCUT2D eigenvalue weighted by molar-refractivity contribution is 0.140. The van der Waals surface area contributed by atoms with Crippen LogP contribution < -0.4 is 0 Å². The lowest BCUT2D eigenvalue weighted by Crippen LogP contribution is -2.11. The van der Waals surface area contributed by atoms with Crippen molar-refractivity contribution in [2.45, 2.75) is 0 Å². The Morgan fingerprint density at radius 2 is 1.79 bits per heavy atom. The molecule has 0 aliphatic carbocycles. The first-order chi connectivity index (χ1) is 9.08. The number of nitrogens with one attached hydrogen (secondary N) is 1. The molecule has 0 bridgehead atoms. The molecule has 2 aromatic rings. The van der Waals surface area contributed by atoms with Crippen molar-refractivity contribution in [2.24, 2.45) is 0 Å². The molecule has 0 saturated carbocycles. The van der Waals surface area contributed by atoms with Crippen molar-refractivity contribution in [1.82, 2.24) is 0 Å². The molecule has 2 aromatic carbocycles. The highest BCUT2D eigenvalue weighted by Crippen LogP contribution is 2.28. The van der Waals surface area contributed by atoms with Gasteiger partial charge in [0.25, 0.3) is 0 Å². The van der Waals surface area contributed by atoms with Crippen molar-refractivity contribution >= 4 is 12.1 Å². The van der Waals surface area contributed by atoms with Gasteiger partial charge in [0.15, 0.2) is 0 Å². The zero-order valence-corrected chi connectivity index (χ0v) is 9.83. The second-order valence-corrected chi connectivity index (χ2v) is 3.79. The Bertz CT molecular complexity index is 623. The molecule has 19 heavy (non-hydrogen) atoms. The minimum atomic E-state index is -1.54. The van der Waals surface area contributed by atoms with Crippen LogP contribution in [-0.4, -0.2) is 22.3 Å². The lowest BCUT2D eigenvalue weighted by atomic mass is 9.99. The lowest BCUT2D eigenvalue weighted by Gasteiger charge is -2.10. The Labute approximate surface area is 109 Å². The molecule has 5 heteroatoms. The summed E-state index contributed by atoms with van der Waals surface area (Å²) in [5.74, 6) is -0.447. The fraction of sp³-hybridized carbons (Fsp3) is 0. The number of hydrogen-bond acceptors (Lipinski definition) is 4. The van der Waals surface area contributed by atoms with E-state index in [0.717, 1.165) is 5.56 Å². The van der Waals surface area contributed by atoms with Crippen LogP contribution in [0.5, 0.6) is 5.75 Å². The highest BCUT2D eigenvalue weighted by Gasteiger charge is 2.14. The highest BCUT2D eigenvalue weighted by atomic mass is 16.7. The Morgan fingerprint density at radius 1 is 1.11 bits per heavy atom. The largest absolute Gasteiger partial charge is 0.512 e. The summed E-state index contributed by atoms with van der Waals surface area (Å²) in [4.78, 5) is 10.5. The van der Waals surface area contributed by atoms with Crippen LogP contribution in [0.2, 0.25) is 0 Å². The summed E-state index contributed by atoms with van der Waals surface area (Å²) in [5.41, 5.74) is 1.59. The average molecular weight is 257 g/mol. The normalized spacial score (nSPS) is 9.89. The van der Waals surface area contributed by atoms with Crippen molar-refractivity contribution in [3.8, 4) is 16.9 Å². The average Bonchev–Trinajstić information content (AvgIpc) is 2.38. The molecule has 96 valence electrons. The molecule has 0 fully saturated rings. The summed E-state index contributed by atoms with van der Waals surface area (Å²) < 4.78 is 4.36. The van der Waals surface area contributed by atoms with Crippen molar-refractivity contribution in [3.63, 3.8) is 0 Å². The minimum Gasteiger partial charge on any atom is -0.508 e. The van der Waals surface area contributed by atoms with Gasteiger partial charge in [0.1, 0.15) is 5.75 Å². The summed E-state index contributed by atoms with van der Waals surface area (Å²) in [5, 5.41) is 25.7. The maximum atomic E-state index is 10.5. The first-order valence-corrected chi connectivity index (χ1v) is 5.46. The van der Waals surface area contributed by atoms with E-state index >= 15 is 0 Å². The number of phenols is 1. The molecule has 0 radical (unpaired) electrons. The quantitative estimate of drug-likeness (QED) is 0.438. The van der Waals surface area contributed by atoms with Crippen LogP contribution in [0.4, 0.5) is 4.79 Å². The van der Waals surface area contributed by atoms with Gasteiger partial charge >= 0.3 is 6.16 Å². The summed E-state index contributed by atoms with van der Waals surface area (Å²) in [6.45, 7) is 0. The van der Waals surface area contributed by atoms with E-state index in [2.05, 4.69) is 4.74 Å². The van der Waals surface area contributed by atoms with Crippen LogP contribution >= 0.6 is 0 Å². The SMILES string of the molecule is N=C(OC(=O)O)c1ccc(O)cc1-c1ccccc1. The molecular formula is C14H11NO4. The number of carbonyl (C=O) groups is 1. The van der Waals surface area contributed by atoms with Crippen LogP contribution in [0.25, 0.3) is 11.1 Å². The fourth-order valence-corrected chi connectivity index (χ4v) is 1.73. The summed E-state index contributed by atoms with van der Waals surface area (Å²) in [6.07, 6.45) is -1.54. The van der Waals surface area contributed by atoms with Crippen LogP contribution in [-0.2, 0) is 4.74 Å². The molecular weight excluding hydrogens is 246 g/mol. The molecule has 0 saturated heterocycles. The van der Waals surface area contributed by atoms with Crippen molar-refractivity contribution in [2.75, 3.05) is 0 Å². The molecule has 0 aliphatic heterocycles. The summed E-state index contributed by atoms with van der Waals surface area (Å²) in [7, 11) is 0. The standard InChI is InChI=1S/C14H11NO4/c15-13(19-14(17)18)11-7-6-10(16)8-12(11)9-4-2-1-3-5-9/h1-8,15-16H,(H,17,18). The van der Waals surface area contributed by atoms with Crippen LogP contribution in [0, 0.1) is 5.41 Å². The number of aromatic hydroxyl groups is 1. The van der Waals surface area contributed by atoms with Gasteiger partial charge in [-0.05, 0) is 29.3 Å². The zero-order chi connectivity index (χ0) is 13.8. The second kappa shape index (κ2) is 5.22. The predicted octanol–water partition coefficient (Wildman–Crippen LogP) is 3.08. The molecule has 5 nitrogen and oxygen atoms in total. The van der Waals surface area contributed by atoms with Gasteiger partial charge in [-0.3, -0.25) is 5.41 Å². The Balaban J connectivity index is 2.50. The number of benzene rings is 2. The van der Waals surface area contributed by atoms with Gasteiger partial charge < -0.3 is 14.9 Å². The molecule has 0 spiro atoms. The third-order valence-corrected chi connectivity index (χ3v) is 2.52. The first kappa shape index (κ1) is 12.6. The second-order valence-electron chi connectivity index (χ2n) is 3.79. The number of ether oxygens (including phenoxy) is 1. The van der Waals surface area contributed by atoms with Crippen molar-refractivity contribution < 1.29 is 19.7 Å². The molecule has 0 aliphatic rings. The number of carboxylic acid groups (broad SMARTS) is 1. The Hall–Kier alpha value is -2.82. The van der Waals surface area contributed by atoms with Crippen molar-refractivity contribution in [3.05, 3.63) is 54.1 Å². The fourth-order valence-electron chi connectivity index (χ4n) is 1.73. The number of phenolic OH excluding ortho intramolecular Hbond substituents is 1. The van der Waals surface area contributed by atoms with Gasteiger partial charge in [-0.2, -0.15) is 0 Å². The van der Waals surface area contributed by atoms with Gasteiger partial charge in [-0.25, -0.2) is 4.79 Å². The molecule has 0 atom stereocenters. The van der Waals surface area contributed by atoms with Crippen LogP contribution in [0.3, 0.4) is 0 Å². The molecule has 0 aromatic heterocycles. The van der Waals surface area contributed by atoms with E-state index in [1.165, 1.54) is 18.2 Å². The Morgan fingerprint density at radius 3 is 2.42 bits per heavy atom. The first-order valence-electron chi connectivity index (χ1n) is 5.46. The van der Waals surface area contributed by atoms with E-state index in [-0.39, 0.29) is 5.75 Å². The van der Waals surface area contributed by atoms with E-state index in [9.17, 15) is 9.90 Å². The van der Waals surface area contributed by atoms with Crippen LogP contribution in [0.15, 0.2) is 48.5 Å². The molecule has 0 heterocycles. The summed E-state index contributed by atoms with van der Waals surface area (Å²) >= 11 is 0. The van der Waals surface area contributed by atoms with Gasteiger partial charge in [-0.15, -0.1) is 0 Å². The molecule has 0 amide bonds. The van der Waals surface area contributed by atoms with Gasteiger partial charge in [0.05, 0.1) is 0 Å². The molecule has 0 unspecified atom stereocenters. The van der Waals surface area contributed by atoms with E-state index < -0.39 is 12.1 Å². The topological polar surface area (TPSA) is 90.6 Å². The van der Waals surface area contributed by atoms with E-state index in [1.54, 1.807) is 12.1 Å². The highest BCUT2D eigenvalue weighted by molar-refractivity contribution is 6.02. The van der Waals surface area contributed by atoms with E-state index in [1.807, 2.05) is 18.2 Å². The maximum Gasteiger partial charge on any atom is 0.512 e. The monoisotopic (exact) mass is 257 g/mol. The van der Waals surface area contributed by atoms with Gasteiger partial charge in [0.2, 0.25) is 5.90 Å². The van der Waals surface area contributed by atoms with Crippen LogP contribution in [0.1, 0.15) is 5.56 Å². The summed E-state index contributed by atoms with van der Waals surface area (Å²) in [6, 6.07) is 13.3. The van der Waals surface area contributed by atoms with Gasteiger partial charge in [-0.1, -0.05) is 30.3 Å². The van der Waals surface area contributed by atoms with E-state index in [0.29, 0.717) is 11.1 Å². The van der Waals surface area contributed by atoms with E-state index in [4.69, 9.17) is 10.5 Å².